The van der Waals surface area contributed by atoms with Crippen LogP contribution in [0.4, 0.5) is 20.3 Å². The third kappa shape index (κ3) is 7.63. The summed E-state index contributed by atoms with van der Waals surface area (Å²) >= 11 is 3.38. The predicted molar refractivity (Wildman–Crippen MR) is 148 cm³/mol. The maximum atomic E-state index is 13.9. The first kappa shape index (κ1) is 29.6. The molecule has 2 heterocycles. The molecular weight excluding hydrogens is 584 g/mol. The molecule has 2 aromatic carbocycles. The van der Waals surface area contributed by atoms with E-state index < -0.39 is 52.0 Å². The second kappa shape index (κ2) is 12.8. The average Bonchev–Trinajstić information content (AvgIpc) is 2.92. The van der Waals surface area contributed by atoms with Crippen LogP contribution >= 0.6 is 11.6 Å². The van der Waals surface area contributed by atoms with Crippen molar-refractivity contribution in [1.82, 2.24) is 18.8 Å². The van der Waals surface area contributed by atoms with Crippen molar-refractivity contribution in [3.05, 3.63) is 110 Å². The van der Waals surface area contributed by atoms with E-state index in [-0.39, 0.29) is 24.7 Å². The van der Waals surface area contributed by atoms with Crippen molar-refractivity contribution in [2.24, 2.45) is 5.92 Å². The molecule has 2 atom stereocenters. The number of nitrogens with zero attached hydrogens (tertiary/aromatic N) is 3. The van der Waals surface area contributed by atoms with Crippen LogP contribution in [0.25, 0.3) is 0 Å². The van der Waals surface area contributed by atoms with Gasteiger partial charge in [0.25, 0.3) is 22.7 Å². The number of anilines is 2. The van der Waals surface area contributed by atoms with Crippen LogP contribution < -0.4 is 26.0 Å². The molecule has 0 aliphatic heterocycles. The summed E-state index contributed by atoms with van der Waals surface area (Å²) in [4.78, 5) is 41.9. The van der Waals surface area contributed by atoms with Gasteiger partial charge in [0, 0.05) is 23.3 Å². The van der Waals surface area contributed by atoms with Crippen molar-refractivity contribution in [2.45, 2.75) is 20.0 Å². The van der Waals surface area contributed by atoms with Gasteiger partial charge >= 0.3 is 5.69 Å². The Hall–Kier alpha value is -4.40. The summed E-state index contributed by atoms with van der Waals surface area (Å²) in [5, 5.41) is 3.48. The zero-order valence-corrected chi connectivity index (χ0v) is 22.8. The maximum Gasteiger partial charge on any atom is 0.332 e. The van der Waals surface area contributed by atoms with E-state index in [0.717, 1.165) is 16.7 Å². The molecule has 4 aromatic rings. The minimum atomic E-state index is -2.60. The average molecular weight is 606 g/mol. The second-order valence-electron chi connectivity index (χ2n) is 8.76. The van der Waals surface area contributed by atoms with E-state index in [0.29, 0.717) is 16.3 Å². The lowest BCUT2D eigenvalue weighted by atomic mass is 10.1. The van der Waals surface area contributed by atoms with E-state index in [1.165, 1.54) is 41.8 Å². The number of rotatable bonds is 10. The molecule has 11 nitrogen and oxygen atoms in total. The molecule has 0 aliphatic carbocycles. The van der Waals surface area contributed by atoms with Gasteiger partial charge in [0.05, 0.1) is 12.5 Å². The van der Waals surface area contributed by atoms with Crippen molar-refractivity contribution in [3.8, 4) is 11.6 Å². The lowest BCUT2D eigenvalue weighted by Crippen LogP contribution is -2.44. The van der Waals surface area contributed by atoms with E-state index in [1.807, 2.05) is 4.72 Å². The summed E-state index contributed by atoms with van der Waals surface area (Å²) in [6.07, 6.45) is 0. The number of benzene rings is 2. The summed E-state index contributed by atoms with van der Waals surface area (Å²) in [6.45, 7) is 1.07. The Morgan fingerprint density at radius 1 is 1.07 bits per heavy atom. The van der Waals surface area contributed by atoms with Gasteiger partial charge < -0.3 is 10.1 Å². The Labute approximate surface area is 238 Å². The van der Waals surface area contributed by atoms with Gasteiger partial charge in [0.15, 0.2) is 5.82 Å². The molecule has 0 saturated carbocycles. The molecule has 2 aromatic heterocycles. The highest BCUT2D eigenvalue weighted by molar-refractivity contribution is 7.77. The maximum absolute atomic E-state index is 13.9. The molecule has 0 aliphatic rings. The normalized spacial score (nSPS) is 12.4. The number of halogens is 3. The summed E-state index contributed by atoms with van der Waals surface area (Å²) in [5.41, 5.74) is -0.362. The van der Waals surface area contributed by atoms with E-state index in [9.17, 15) is 27.4 Å². The van der Waals surface area contributed by atoms with E-state index >= 15 is 0 Å². The Balaban J connectivity index is 1.65. The summed E-state index contributed by atoms with van der Waals surface area (Å²) in [7, 11) is 0. The topological polar surface area (TPSA) is 145 Å². The fourth-order valence-electron chi connectivity index (χ4n) is 3.69. The molecule has 0 saturated heterocycles. The Kier molecular flexibility index (Phi) is 9.27. The number of amides is 1. The lowest BCUT2D eigenvalue weighted by molar-refractivity contribution is -0.123. The molecule has 0 fully saturated rings. The number of ether oxygens (including phenoxy) is 1. The lowest BCUT2D eigenvalue weighted by Gasteiger charge is -2.18. The van der Waals surface area contributed by atoms with E-state index in [2.05, 4.69) is 10.3 Å². The van der Waals surface area contributed by atoms with Gasteiger partial charge in [-0.25, -0.2) is 13.4 Å². The van der Waals surface area contributed by atoms with Gasteiger partial charge in [-0.1, -0.05) is 30.7 Å². The summed E-state index contributed by atoms with van der Waals surface area (Å²) in [5.74, 6) is -3.84. The first-order valence-electron chi connectivity index (χ1n) is 11.9. The molecule has 3 N–H and O–H groups in total. The minimum absolute atomic E-state index is 0.0194. The first-order chi connectivity index (χ1) is 19.5. The van der Waals surface area contributed by atoms with Crippen LogP contribution in [-0.4, -0.2) is 28.8 Å². The molecule has 0 spiro atoms. The number of hydrogen-bond acceptors (Lipinski definition) is 7. The van der Waals surface area contributed by atoms with Crippen LogP contribution in [0.5, 0.6) is 11.6 Å². The zero-order valence-electron chi connectivity index (χ0n) is 21.2. The smallest absolute Gasteiger partial charge is 0.332 e. The van der Waals surface area contributed by atoms with Crippen LogP contribution in [0, 0.1) is 17.7 Å². The number of carbonyl (C=O) groups is 1. The molecule has 0 bridgehead atoms. The highest BCUT2D eigenvalue weighted by Gasteiger charge is 2.20. The van der Waals surface area contributed by atoms with Crippen LogP contribution in [0.1, 0.15) is 12.5 Å². The van der Waals surface area contributed by atoms with Crippen LogP contribution in [0.3, 0.4) is 0 Å². The molecule has 0 radical (unpaired) electrons. The number of pyridine rings is 1. The van der Waals surface area contributed by atoms with E-state index in [1.54, 1.807) is 24.3 Å². The summed E-state index contributed by atoms with van der Waals surface area (Å²) < 4.78 is 56.3. The Bertz CT molecular complexity index is 1710. The van der Waals surface area contributed by atoms with Gasteiger partial charge in [-0.3, -0.25) is 28.0 Å². The minimum Gasteiger partial charge on any atom is -0.436 e. The number of carbonyl (C=O) groups excluding carboxylic acids is 1. The predicted octanol–water partition coefficient (Wildman–Crippen LogP) is 3.81. The van der Waals surface area contributed by atoms with Gasteiger partial charge in [0.2, 0.25) is 11.9 Å². The second-order valence-corrected chi connectivity index (χ2v) is 9.90. The molecule has 214 valence electrons. The van der Waals surface area contributed by atoms with Gasteiger partial charge in [-0.15, -0.1) is 0 Å². The number of hydrogen-bond donors (Lipinski definition) is 3. The molecular formula is C26H22ClF2N5O6S. The Morgan fingerprint density at radius 3 is 2.41 bits per heavy atom. The number of nitrogens with one attached hydrogen (secondary N) is 2. The number of aromatic nitrogens is 3. The Morgan fingerprint density at radius 2 is 1.76 bits per heavy atom. The molecule has 1 amide bonds. The fraction of sp³-hybridized carbons (Fsp3) is 0.154. The van der Waals surface area contributed by atoms with Crippen molar-refractivity contribution < 1.29 is 27.1 Å². The molecule has 15 heteroatoms. The first-order valence-corrected chi connectivity index (χ1v) is 13.4. The largest absolute Gasteiger partial charge is 0.436 e. The SMILES string of the molecule is C[C@@H](Cn1c(=O)cc(Nc2ccc(Oc3nc(F)ccc3F)cc2)n(Cc2ccc(Cl)cc2)c1=O)C(=O)NS(=O)O. The standard InChI is InChI=1S/C26H22ClF2N5O6S/c1-15(24(36)32-41(38)39)13-34-23(35)12-22(33(26(34)37)14-16-2-4-17(27)5-3-16)30-18-6-8-19(9-7-18)40-25-20(28)10-11-21(29)31-25/h2-12,15,30H,13-14H2,1H3,(H,32,36)(H,38,39)/t15-/m0/s1. The fourth-order valence-corrected chi connectivity index (χ4v) is 4.19. The quantitative estimate of drug-likeness (QED) is 0.183. The molecule has 41 heavy (non-hydrogen) atoms. The monoisotopic (exact) mass is 605 g/mol. The van der Waals surface area contributed by atoms with Crippen molar-refractivity contribution in [2.75, 3.05) is 5.32 Å². The van der Waals surface area contributed by atoms with Crippen LogP contribution in [-0.2, 0) is 29.2 Å². The van der Waals surface area contributed by atoms with Crippen molar-refractivity contribution in [3.63, 3.8) is 0 Å². The highest BCUT2D eigenvalue weighted by Crippen LogP contribution is 2.25. The van der Waals surface area contributed by atoms with Gasteiger partial charge in [0.1, 0.15) is 11.6 Å². The van der Waals surface area contributed by atoms with E-state index in [4.69, 9.17) is 20.9 Å². The third-order valence-corrected chi connectivity index (χ3v) is 6.37. The molecule has 1 unspecified atom stereocenters. The summed E-state index contributed by atoms with van der Waals surface area (Å²) in [6, 6.07) is 15.5. The van der Waals surface area contributed by atoms with Gasteiger partial charge in [-0.05, 0) is 54.1 Å². The van der Waals surface area contributed by atoms with Gasteiger partial charge in [-0.2, -0.15) is 9.37 Å². The highest BCUT2D eigenvalue weighted by atomic mass is 35.5. The van der Waals surface area contributed by atoms with Crippen molar-refractivity contribution >= 4 is 40.3 Å². The van der Waals surface area contributed by atoms with Crippen LogP contribution in [0.2, 0.25) is 5.02 Å². The van der Waals surface area contributed by atoms with Crippen molar-refractivity contribution in [1.29, 1.82) is 0 Å². The third-order valence-electron chi connectivity index (χ3n) is 5.75. The van der Waals surface area contributed by atoms with Crippen LogP contribution in [0.15, 0.2) is 76.3 Å². The molecule has 4 rings (SSSR count). The zero-order chi connectivity index (χ0) is 29.7.